The number of carbonyl (C=O) groups is 1. The Labute approximate surface area is 154 Å². The summed E-state index contributed by atoms with van der Waals surface area (Å²) in [5.41, 5.74) is 1.94. The van der Waals surface area contributed by atoms with Crippen molar-refractivity contribution in [3.8, 4) is 0 Å². The maximum absolute atomic E-state index is 13.4. The van der Waals surface area contributed by atoms with E-state index in [9.17, 15) is 4.79 Å². The number of piperidine rings is 1. The number of aromatic nitrogens is 1. The standard InChI is InChI=1S/C20H26N4O2/c1-22-10-11-24(15-17-3-2-7-21-13-17)19(25)20(22)5-8-23(9-6-20)14-18-4-12-26-16-18/h2-4,7,12-13,16H,5-6,8-11,14-15H2,1H3. The van der Waals surface area contributed by atoms with Gasteiger partial charge in [0.05, 0.1) is 12.5 Å². The first-order valence-corrected chi connectivity index (χ1v) is 9.30. The van der Waals surface area contributed by atoms with E-state index in [0.717, 1.165) is 51.1 Å². The number of nitrogens with zero attached hydrogens (tertiary/aromatic N) is 4. The molecule has 0 unspecified atom stereocenters. The average molecular weight is 354 g/mol. The molecule has 6 heteroatoms. The Bertz CT molecular complexity index is 724. The number of pyridine rings is 1. The Morgan fingerprint density at radius 2 is 1.96 bits per heavy atom. The van der Waals surface area contributed by atoms with Crippen LogP contribution in [-0.4, -0.2) is 64.4 Å². The number of hydrogen-bond donors (Lipinski definition) is 0. The molecule has 2 aliphatic rings. The number of furan rings is 1. The fraction of sp³-hybridized carbons (Fsp3) is 0.500. The highest BCUT2D eigenvalue weighted by molar-refractivity contribution is 5.87. The lowest BCUT2D eigenvalue weighted by Gasteiger charge is -2.51. The third kappa shape index (κ3) is 3.27. The maximum atomic E-state index is 13.4. The van der Waals surface area contributed by atoms with Crippen LogP contribution < -0.4 is 0 Å². The molecule has 1 spiro atoms. The third-order valence-electron chi connectivity index (χ3n) is 5.89. The first-order valence-electron chi connectivity index (χ1n) is 9.30. The maximum Gasteiger partial charge on any atom is 0.243 e. The van der Waals surface area contributed by atoms with Gasteiger partial charge >= 0.3 is 0 Å². The molecule has 4 heterocycles. The summed E-state index contributed by atoms with van der Waals surface area (Å²) < 4.78 is 5.17. The first-order chi connectivity index (χ1) is 12.7. The molecule has 2 aromatic heterocycles. The van der Waals surface area contributed by atoms with Crippen LogP contribution in [-0.2, 0) is 17.9 Å². The predicted molar refractivity (Wildman–Crippen MR) is 98.2 cm³/mol. The monoisotopic (exact) mass is 354 g/mol. The summed E-state index contributed by atoms with van der Waals surface area (Å²) in [6, 6.07) is 5.98. The summed E-state index contributed by atoms with van der Waals surface area (Å²) in [6.07, 6.45) is 8.90. The number of rotatable bonds is 4. The van der Waals surface area contributed by atoms with Crippen molar-refractivity contribution in [3.63, 3.8) is 0 Å². The van der Waals surface area contributed by atoms with Crippen LogP contribution in [0.2, 0.25) is 0 Å². The van der Waals surface area contributed by atoms with Gasteiger partial charge in [-0.25, -0.2) is 0 Å². The SMILES string of the molecule is CN1CCN(Cc2cccnc2)C(=O)C12CCN(Cc1ccoc1)CC2. The van der Waals surface area contributed by atoms with Crippen molar-refractivity contribution in [2.24, 2.45) is 0 Å². The van der Waals surface area contributed by atoms with E-state index in [-0.39, 0.29) is 11.4 Å². The fourth-order valence-electron chi connectivity index (χ4n) is 4.22. The molecule has 2 saturated heterocycles. The van der Waals surface area contributed by atoms with Gasteiger partial charge in [-0.15, -0.1) is 0 Å². The second kappa shape index (κ2) is 7.21. The van der Waals surface area contributed by atoms with Crippen molar-refractivity contribution in [2.75, 3.05) is 33.2 Å². The molecule has 0 aliphatic carbocycles. The molecular weight excluding hydrogens is 328 g/mol. The summed E-state index contributed by atoms with van der Waals surface area (Å²) in [7, 11) is 2.10. The van der Waals surface area contributed by atoms with Gasteiger partial charge in [0.1, 0.15) is 5.54 Å². The quantitative estimate of drug-likeness (QED) is 0.840. The molecule has 4 rings (SSSR count). The summed E-state index contributed by atoms with van der Waals surface area (Å²) in [6.45, 7) is 5.12. The van der Waals surface area contributed by atoms with Crippen molar-refractivity contribution in [1.29, 1.82) is 0 Å². The van der Waals surface area contributed by atoms with Gasteiger partial charge in [0.15, 0.2) is 0 Å². The van der Waals surface area contributed by atoms with E-state index in [2.05, 4.69) is 21.8 Å². The predicted octanol–water partition coefficient (Wildman–Crippen LogP) is 1.98. The molecule has 2 aromatic rings. The molecule has 0 saturated carbocycles. The zero-order chi connectivity index (χ0) is 18.0. The highest BCUT2D eigenvalue weighted by Crippen LogP contribution is 2.33. The van der Waals surface area contributed by atoms with Crippen LogP contribution in [0.1, 0.15) is 24.0 Å². The summed E-state index contributed by atoms with van der Waals surface area (Å²) in [5, 5.41) is 0. The third-order valence-corrected chi connectivity index (χ3v) is 5.89. The largest absolute Gasteiger partial charge is 0.472 e. The molecule has 2 fully saturated rings. The Hall–Kier alpha value is -2.18. The van der Waals surface area contributed by atoms with Crippen LogP contribution in [0, 0.1) is 0 Å². The minimum Gasteiger partial charge on any atom is -0.472 e. The Morgan fingerprint density at radius 1 is 1.12 bits per heavy atom. The Kier molecular flexibility index (Phi) is 4.78. The molecule has 2 aliphatic heterocycles. The van der Waals surface area contributed by atoms with Crippen LogP contribution in [0.15, 0.2) is 47.5 Å². The van der Waals surface area contributed by atoms with Crippen molar-refractivity contribution in [3.05, 3.63) is 54.2 Å². The molecule has 0 atom stereocenters. The minimum atomic E-state index is -0.354. The van der Waals surface area contributed by atoms with Gasteiger partial charge in [-0.2, -0.15) is 0 Å². The second-order valence-electron chi connectivity index (χ2n) is 7.45. The van der Waals surface area contributed by atoms with E-state index in [0.29, 0.717) is 6.54 Å². The van der Waals surface area contributed by atoms with Gasteiger partial charge < -0.3 is 9.32 Å². The molecule has 138 valence electrons. The van der Waals surface area contributed by atoms with Crippen molar-refractivity contribution in [1.82, 2.24) is 19.7 Å². The van der Waals surface area contributed by atoms with Crippen LogP contribution >= 0.6 is 0 Å². The smallest absolute Gasteiger partial charge is 0.243 e. The van der Waals surface area contributed by atoms with Crippen LogP contribution in [0.5, 0.6) is 0 Å². The van der Waals surface area contributed by atoms with Gasteiger partial charge in [0.2, 0.25) is 5.91 Å². The molecule has 6 nitrogen and oxygen atoms in total. The lowest BCUT2D eigenvalue weighted by atomic mass is 9.82. The van der Waals surface area contributed by atoms with Gasteiger partial charge in [-0.3, -0.25) is 19.6 Å². The van der Waals surface area contributed by atoms with Crippen LogP contribution in [0.3, 0.4) is 0 Å². The number of amides is 1. The van der Waals surface area contributed by atoms with E-state index in [4.69, 9.17) is 4.42 Å². The molecule has 1 amide bonds. The molecule has 0 N–H and O–H groups in total. The number of likely N-dealkylation sites (tertiary alicyclic amines) is 1. The first kappa shape index (κ1) is 17.2. The minimum absolute atomic E-state index is 0.276. The van der Waals surface area contributed by atoms with E-state index in [1.54, 1.807) is 18.7 Å². The highest BCUT2D eigenvalue weighted by atomic mass is 16.3. The molecule has 0 radical (unpaired) electrons. The van der Waals surface area contributed by atoms with Crippen molar-refractivity contribution >= 4 is 5.91 Å². The Balaban J connectivity index is 1.43. The van der Waals surface area contributed by atoms with Crippen LogP contribution in [0.4, 0.5) is 0 Å². The van der Waals surface area contributed by atoms with Gasteiger partial charge in [0, 0.05) is 57.2 Å². The summed E-state index contributed by atoms with van der Waals surface area (Å²) in [5.74, 6) is 0.276. The number of hydrogen-bond acceptors (Lipinski definition) is 5. The molecule has 0 bridgehead atoms. The van der Waals surface area contributed by atoms with Gasteiger partial charge in [-0.05, 0) is 37.6 Å². The number of piperazine rings is 1. The lowest BCUT2D eigenvalue weighted by Crippen LogP contribution is -2.67. The zero-order valence-electron chi connectivity index (χ0n) is 15.3. The number of likely N-dealkylation sites (N-methyl/N-ethyl adjacent to an activating group) is 1. The average Bonchev–Trinajstić information content (AvgIpc) is 3.18. The number of carbonyl (C=O) groups excluding carboxylic acids is 1. The van der Waals surface area contributed by atoms with Gasteiger partial charge in [-0.1, -0.05) is 6.07 Å². The van der Waals surface area contributed by atoms with Gasteiger partial charge in [0.25, 0.3) is 0 Å². The summed E-state index contributed by atoms with van der Waals surface area (Å²) >= 11 is 0. The van der Waals surface area contributed by atoms with Crippen LogP contribution in [0.25, 0.3) is 0 Å². The topological polar surface area (TPSA) is 52.8 Å². The molecule has 26 heavy (non-hydrogen) atoms. The van der Waals surface area contributed by atoms with E-state index in [1.165, 1.54) is 5.56 Å². The van der Waals surface area contributed by atoms with E-state index >= 15 is 0 Å². The Morgan fingerprint density at radius 3 is 2.65 bits per heavy atom. The van der Waals surface area contributed by atoms with E-state index < -0.39 is 0 Å². The summed E-state index contributed by atoms with van der Waals surface area (Å²) in [4.78, 5) is 24.3. The van der Waals surface area contributed by atoms with Crippen molar-refractivity contribution in [2.45, 2.75) is 31.5 Å². The van der Waals surface area contributed by atoms with Crippen molar-refractivity contribution < 1.29 is 9.21 Å². The highest BCUT2D eigenvalue weighted by Gasteiger charge is 2.49. The second-order valence-corrected chi connectivity index (χ2v) is 7.45. The van der Waals surface area contributed by atoms with E-state index in [1.807, 2.05) is 29.3 Å². The fourth-order valence-corrected chi connectivity index (χ4v) is 4.22. The zero-order valence-corrected chi connectivity index (χ0v) is 15.3. The molecule has 0 aromatic carbocycles. The lowest BCUT2D eigenvalue weighted by molar-refractivity contribution is -0.155. The molecular formula is C20H26N4O2. The normalized spacial score (nSPS) is 21.4.